The fraction of sp³-hybridized carbons (Fsp3) is 0.560. The molecule has 1 amide bonds. The first-order valence-corrected chi connectivity index (χ1v) is 12.0. The fourth-order valence-corrected chi connectivity index (χ4v) is 5.56. The third-order valence-electron chi connectivity index (χ3n) is 7.44. The summed E-state index contributed by atoms with van der Waals surface area (Å²) >= 11 is 0. The molecule has 1 N–H and O–H groups in total. The van der Waals surface area contributed by atoms with Crippen LogP contribution >= 0.6 is 0 Å². The van der Waals surface area contributed by atoms with Crippen LogP contribution in [0.1, 0.15) is 67.1 Å². The lowest BCUT2D eigenvalue weighted by molar-refractivity contribution is -0.129. The lowest BCUT2D eigenvalue weighted by Crippen LogP contribution is -2.42. The third-order valence-corrected chi connectivity index (χ3v) is 7.44. The maximum Gasteiger partial charge on any atom is 0.254 e. The van der Waals surface area contributed by atoms with Gasteiger partial charge >= 0.3 is 0 Å². The van der Waals surface area contributed by atoms with Gasteiger partial charge in [-0.15, -0.1) is 0 Å². The van der Waals surface area contributed by atoms with Crippen LogP contribution in [-0.4, -0.2) is 51.4 Å². The van der Waals surface area contributed by atoms with Crippen molar-refractivity contribution in [2.45, 2.75) is 69.9 Å². The number of H-pyrrole nitrogens is 1. The molecule has 0 spiro atoms. The van der Waals surface area contributed by atoms with E-state index in [0.717, 1.165) is 37.2 Å². The Hall–Kier alpha value is -2.54. The van der Waals surface area contributed by atoms with Crippen LogP contribution in [0.25, 0.3) is 0 Å². The van der Waals surface area contributed by atoms with Gasteiger partial charge in [0.15, 0.2) is 0 Å². The first-order chi connectivity index (χ1) is 15.6. The molecule has 2 fully saturated rings. The number of hydrogen-bond acceptors (Lipinski definition) is 4. The molecule has 1 saturated carbocycles. The molecule has 5 rings (SSSR count). The molecule has 32 heavy (non-hydrogen) atoms. The van der Waals surface area contributed by atoms with E-state index in [4.69, 9.17) is 4.98 Å². The summed E-state index contributed by atoms with van der Waals surface area (Å²) in [5, 5.41) is 0. The highest BCUT2D eigenvalue weighted by Crippen LogP contribution is 2.29. The Labute approximate surface area is 187 Å². The Morgan fingerprint density at radius 3 is 2.75 bits per heavy atom. The number of halogens is 1. The first kappa shape index (κ1) is 21.3. The summed E-state index contributed by atoms with van der Waals surface area (Å²) in [7, 11) is 0. The highest BCUT2D eigenvalue weighted by molar-refractivity contribution is 5.79. The molecule has 170 valence electrons. The van der Waals surface area contributed by atoms with Gasteiger partial charge in [0, 0.05) is 43.7 Å². The van der Waals surface area contributed by atoms with Gasteiger partial charge in [-0.3, -0.25) is 14.5 Å². The summed E-state index contributed by atoms with van der Waals surface area (Å²) in [4.78, 5) is 37.7. The van der Waals surface area contributed by atoms with Gasteiger partial charge in [0.1, 0.15) is 11.6 Å². The summed E-state index contributed by atoms with van der Waals surface area (Å²) in [5.74, 6) is 0.282. The van der Waals surface area contributed by atoms with Gasteiger partial charge in [0.25, 0.3) is 5.56 Å². The van der Waals surface area contributed by atoms with Crippen molar-refractivity contribution in [2.75, 3.05) is 19.6 Å². The Kier molecular flexibility index (Phi) is 6.09. The average Bonchev–Trinajstić information content (AvgIpc) is 3.31. The fourth-order valence-electron chi connectivity index (χ4n) is 5.56. The topological polar surface area (TPSA) is 69.3 Å². The van der Waals surface area contributed by atoms with Crippen molar-refractivity contribution in [2.24, 2.45) is 0 Å². The molecule has 0 unspecified atom stereocenters. The number of aromatic amines is 1. The standard InChI is InChI=1S/C25H31FN4O2/c26-21-9-5-4-6-17(21)14-23(31)30-12-10-18(15-30)24-27-22-16-29(19-7-2-1-3-8-19)13-11-20(22)25(32)28-24/h4-6,9,18-19H,1-3,7-8,10-16H2,(H,27,28,32)/t18-/m1/s1. The van der Waals surface area contributed by atoms with E-state index in [9.17, 15) is 14.0 Å². The Balaban J connectivity index is 1.28. The highest BCUT2D eigenvalue weighted by atomic mass is 19.1. The second-order valence-electron chi connectivity index (χ2n) is 9.48. The normalized spacial score (nSPS) is 22.2. The predicted molar refractivity (Wildman–Crippen MR) is 120 cm³/mol. The lowest BCUT2D eigenvalue weighted by Gasteiger charge is -2.37. The van der Waals surface area contributed by atoms with E-state index in [2.05, 4.69) is 9.88 Å². The zero-order valence-electron chi connectivity index (χ0n) is 18.5. The smallest absolute Gasteiger partial charge is 0.254 e. The number of nitrogens with zero attached hydrogens (tertiary/aromatic N) is 3. The van der Waals surface area contributed by atoms with Crippen molar-refractivity contribution in [1.29, 1.82) is 0 Å². The van der Waals surface area contributed by atoms with E-state index in [1.165, 1.54) is 38.2 Å². The molecule has 3 aliphatic rings. The van der Waals surface area contributed by atoms with E-state index in [-0.39, 0.29) is 29.6 Å². The number of nitrogens with one attached hydrogen (secondary N) is 1. The van der Waals surface area contributed by atoms with E-state index >= 15 is 0 Å². The zero-order valence-corrected chi connectivity index (χ0v) is 18.5. The van der Waals surface area contributed by atoms with Gasteiger partial charge in [0.2, 0.25) is 5.91 Å². The van der Waals surface area contributed by atoms with Crippen molar-refractivity contribution in [3.8, 4) is 0 Å². The minimum Gasteiger partial charge on any atom is -0.342 e. The molecule has 3 heterocycles. The number of carbonyl (C=O) groups excluding carboxylic acids is 1. The van der Waals surface area contributed by atoms with E-state index in [1.807, 2.05) is 0 Å². The molecule has 1 aliphatic carbocycles. The minimum absolute atomic E-state index is 0.0163. The quantitative estimate of drug-likeness (QED) is 0.796. The Bertz CT molecular complexity index is 1050. The summed E-state index contributed by atoms with van der Waals surface area (Å²) in [6.07, 6.45) is 7.98. The molecule has 6 nitrogen and oxygen atoms in total. The molecular weight excluding hydrogens is 407 g/mol. The molecule has 1 aromatic carbocycles. The number of carbonyl (C=O) groups is 1. The SMILES string of the molecule is O=C(Cc1ccccc1F)N1CC[C@@H](c2nc3c(c(=O)[nH]2)CCN(C2CCCCC2)C3)C1. The van der Waals surface area contributed by atoms with Crippen molar-refractivity contribution in [3.63, 3.8) is 0 Å². The molecule has 1 atom stereocenters. The Morgan fingerprint density at radius 2 is 1.94 bits per heavy atom. The van der Waals surface area contributed by atoms with Crippen molar-refractivity contribution < 1.29 is 9.18 Å². The monoisotopic (exact) mass is 438 g/mol. The van der Waals surface area contributed by atoms with Crippen LogP contribution in [0.4, 0.5) is 4.39 Å². The van der Waals surface area contributed by atoms with Crippen molar-refractivity contribution in [1.82, 2.24) is 19.8 Å². The molecule has 2 aliphatic heterocycles. The number of aromatic nitrogens is 2. The van der Waals surface area contributed by atoms with Crippen LogP contribution in [0.3, 0.4) is 0 Å². The largest absolute Gasteiger partial charge is 0.342 e. The van der Waals surface area contributed by atoms with E-state index in [1.54, 1.807) is 23.1 Å². The number of amides is 1. The summed E-state index contributed by atoms with van der Waals surface area (Å²) in [5.41, 5.74) is 2.14. The molecular formula is C25H31FN4O2. The van der Waals surface area contributed by atoms with Gasteiger partial charge < -0.3 is 9.88 Å². The second-order valence-corrected chi connectivity index (χ2v) is 9.48. The van der Waals surface area contributed by atoms with E-state index < -0.39 is 0 Å². The summed E-state index contributed by atoms with van der Waals surface area (Å²) < 4.78 is 13.9. The van der Waals surface area contributed by atoms with Crippen LogP contribution in [0.5, 0.6) is 0 Å². The number of rotatable bonds is 4. The molecule has 1 aromatic heterocycles. The number of likely N-dealkylation sites (tertiary alicyclic amines) is 1. The van der Waals surface area contributed by atoms with Gasteiger partial charge in [-0.2, -0.15) is 0 Å². The molecule has 1 saturated heterocycles. The maximum absolute atomic E-state index is 13.9. The van der Waals surface area contributed by atoms with Gasteiger partial charge in [-0.05, 0) is 37.3 Å². The Morgan fingerprint density at radius 1 is 1.12 bits per heavy atom. The number of hydrogen-bond donors (Lipinski definition) is 1. The van der Waals surface area contributed by atoms with Crippen LogP contribution in [0, 0.1) is 5.82 Å². The molecule has 0 bridgehead atoms. The average molecular weight is 439 g/mol. The molecule has 0 radical (unpaired) electrons. The first-order valence-electron chi connectivity index (χ1n) is 12.0. The predicted octanol–water partition coefficient (Wildman–Crippen LogP) is 3.16. The highest BCUT2D eigenvalue weighted by Gasteiger charge is 2.32. The van der Waals surface area contributed by atoms with Crippen LogP contribution in [0.2, 0.25) is 0 Å². The van der Waals surface area contributed by atoms with E-state index in [0.29, 0.717) is 30.5 Å². The summed E-state index contributed by atoms with van der Waals surface area (Å²) in [6.45, 7) is 2.80. The van der Waals surface area contributed by atoms with Gasteiger partial charge in [-0.1, -0.05) is 37.5 Å². The van der Waals surface area contributed by atoms with Crippen LogP contribution in [0.15, 0.2) is 29.1 Å². The lowest BCUT2D eigenvalue weighted by atomic mass is 9.92. The maximum atomic E-state index is 13.9. The molecule has 7 heteroatoms. The number of fused-ring (bicyclic) bond motifs is 1. The van der Waals surface area contributed by atoms with Crippen LogP contribution < -0.4 is 5.56 Å². The summed E-state index contributed by atoms with van der Waals surface area (Å²) in [6, 6.07) is 7.02. The van der Waals surface area contributed by atoms with Crippen molar-refractivity contribution >= 4 is 5.91 Å². The third kappa shape index (κ3) is 4.35. The zero-order chi connectivity index (χ0) is 22.1. The second kappa shape index (κ2) is 9.14. The van der Waals surface area contributed by atoms with Crippen LogP contribution in [-0.2, 0) is 24.2 Å². The van der Waals surface area contributed by atoms with Gasteiger partial charge in [0.05, 0.1) is 12.1 Å². The molecule has 2 aromatic rings. The van der Waals surface area contributed by atoms with Gasteiger partial charge in [-0.25, -0.2) is 9.37 Å². The minimum atomic E-state index is -0.347. The van der Waals surface area contributed by atoms with Crippen molar-refractivity contribution in [3.05, 3.63) is 63.1 Å². The number of benzene rings is 1.